The third-order valence-corrected chi connectivity index (χ3v) is 2.77. The number of hydrogen-bond donors (Lipinski definition) is 1. The van der Waals surface area contributed by atoms with Gasteiger partial charge in [-0.3, -0.25) is 0 Å². The average molecular weight is 241 g/mol. The topological polar surface area (TPSA) is 50.2 Å². The van der Waals surface area contributed by atoms with E-state index in [1.165, 1.54) is 11.6 Å². The summed E-state index contributed by atoms with van der Waals surface area (Å²) >= 11 is 0.936. The molecule has 0 atom stereocenters. The fourth-order valence-corrected chi connectivity index (χ4v) is 1.89. The summed E-state index contributed by atoms with van der Waals surface area (Å²) in [5, 5.41) is 8.84. The Kier molecular flexibility index (Phi) is 2.66. The highest BCUT2D eigenvalue weighted by Crippen LogP contribution is 2.26. The molecule has 0 aliphatic rings. The van der Waals surface area contributed by atoms with E-state index in [2.05, 4.69) is 4.98 Å². The first-order chi connectivity index (χ1) is 7.59. The van der Waals surface area contributed by atoms with Crippen LogP contribution in [0.1, 0.15) is 9.67 Å². The number of hydrogen-bond acceptors (Lipinski definition) is 3. The van der Waals surface area contributed by atoms with Crippen molar-refractivity contribution in [2.75, 3.05) is 0 Å². The summed E-state index contributed by atoms with van der Waals surface area (Å²) < 4.78 is 25.6. The molecule has 82 valence electrons. The van der Waals surface area contributed by atoms with Gasteiger partial charge in [0.15, 0.2) is 11.6 Å². The fourth-order valence-electron chi connectivity index (χ4n) is 1.25. The molecule has 0 amide bonds. The van der Waals surface area contributed by atoms with Crippen molar-refractivity contribution in [1.82, 2.24) is 4.98 Å². The van der Waals surface area contributed by atoms with Crippen molar-refractivity contribution in [2.24, 2.45) is 0 Å². The zero-order chi connectivity index (χ0) is 11.7. The van der Waals surface area contributed by atoms with Crippen LogP contribution in [0.2, 0.25) is 0 Å². The van der Waals surface area contributed by atoms with Gasteiger partial charge in [-0.1, -0.05) is 0 Å². The van der Waals surface area contributed by atoms with E-state index in [1.54, 1.807) is 0 Å². The minimum absolute atomic E-state index is 0.00556. The molecule has 1 aromatic carbocycles. The van der Waals surface area contributed by atoms with Crippen LogP contribution < -0.4 is 0 Å². The van der Waals surface area contributed by atoms with Gasteiger partial charge in [-0.25, -0.2) is 18.6 Å². The zero-order valence-electron chi connectivity index (χ0n) is 7.78. The van der Waals surface area contributed by atoms with Crippen LogP contribution in [-0.2, 0) is 0 Å². The molecule has 0 saturated carbocycles. The van der Waals surface area contributed by atoms with Gasteiger partial charge in [-0.2, -0.15) is 0 Å². The molecule has 0 aliphatic heterocycles. The molecule has 0 aliphatic carbocycles. The largest absolute Gasteiger partial charge is 0.477 e. The minimum atomic E-state index is -1.14. The van der Waals surface area contributed by atoms with Gasteiger partial charge in [0.05, 0.1) is 11.2 Å². The Labute approximate surface area is 93.0 Å². The van der Waals surface area contributed by atoms with E-state index in [0.29, 0.717) is 0 Å². The summed E-state index contributed by atoms with van der Waals surface area (Å²) in [7, 11) is 0. The molecule has 0 fully saturated rings. The van der Waals surface area contributed by atoms with Gasteiger partial charge in [0, 0.05) is 5.56 Å². The molecule has 6 heteroatoms. The number of aromatic nitrogens is 1. The highest BCUT2D eigenvalue weighted by molar-refractivity contribution is 7.12. The third kappa shape index (κ3) is 1.79. The number of carboxylic acids is 1. The normalized spacial score (nSPS) is 10.4. The Morgan fingerprint density at radius 3 is 2.69 bits per heavy atom. The van der Waals surface area contributed by atoms with Crippen molar-refractivity contribution in [3.63, 3.8) is 0 Å². The second-order valence-corrected chi connectivity index (χ2v) is 3.82. The molecule has 2 aromatic rings. The van der Waals surface area contributed by atoms with Crippen LogP contribution in [0.25, 0.3) is 11.3 Å². The summed E-state index contributed by atoms with van der Waals surface area (Å²) in [4.78, 5) is 14.6. The monoisotopic (exact) mass is 241 g/mol. The lowest BCUT2D eigenvalue weighted by Gasteiger charge is -1.99. The smallest absolute Gasteiger partial charge is 0.348 e. The van der Waals surface area contributed by atoms with Crippen molar-refractivity contribution in [2.45, 2.75) is 0 Å². The number of aromatic carboxylic acids is 1. The third-order valence-electron chi connectivity index (χ3n) is 1.95. The van der Waals surface area contributed by atoms with Crippen molar-refractivity contribution < 1.29 is 18.7 Å². The fraction of sp³-hybridized carbons (Fsp3) is 0. The summed E-state index contributed by atoms with van der Waals surface area (Å²) in [6.07, 6.45) is 0. The number of benzene rings is 1. The van der Waals surface area contributed by atoms with E-state index in [0.717, 1.165) is 23.5 Å². The Morgan fingerprint density at radius 2 is 2.06 bits per heavy atom. The highest BCUT2D eigenvalue weighted by Gasteiger charge is 2.16. The molecule has 0 radical (unpaired) electrons. The molecular formula is C10H5F2NO2S. The lowest BCUT2D eigenvalue weighted by atomic mass is 10.1. The molecular weight excluding hydrogens is 236 g/mol. The van der Waals surface area contributed by atoms with E-state index >= 15 is 0 Å². The Hall–Kier alpha value is -1.82. The standard InChI is InChI=1S/C10H5F2NO2S/c11-6-2-1-5(3-7(6)12)8-9(10(14)15)16-4-13-8/h1-4H,(H,14,15). The quantitative estimate of drug-likeness (QED) is 0.879. The van der Waals surface area contributed by atoms with Gasteiger partial charge in [-0.15, -0.1) is 11.3 Å². The molecule has 3 nitrogen and oxygen atoms in total. The molecule has 0 saturated heterocycles. The first-order valence-corrected chi connectivity index (χ1v) is 5.10. The van der Waals surface area contributed by atoms with Crippen LogP contribution >= 0.6 is 11.3 Å². The van der Waals surface area contributed by atoms with Crippen molar-refractivity contribution >= 4 is 17.3 Å². The summed E-state index contributed by atoms with van der Waals surface area (Å²) in [6, 6.07) is 3.16. The lowest BCUT2D eigenvalue weighted by Crippen LogP contribution is -1.96. The van der Waals surface area contributed by atoms with Crippen LogP contribution in [0.5, 0.6) is 0 Å². The molecule has 16 heavy (non-hydrogen) atoms. The zero-order valence-corrected chi connectivity index (χ0v) is 8.59. The molecule has 1 heterocycles. The molecule has 2 rings (SSSR count). The maximum Gasteiger partial charge on any atom is 0.348 e. The summed E-state index contributed by atoms with van der Waals surface area (Å²) in [5.41, 5.74) is 1.74. The maximum atomic E-state index is 13.0. The van der Waals surface area contributed by atoms with Crippen LogP contribution in [0.15, 0.2) is 23.7 Å². The van der Waals surface area contributed by atoms with E-state index in [4.69, 9.17) is 5.11 Å². The van der Waals surface area contributed by atoms with Crippen molar-refractivity contribution in [3.05, 3.63) is 40.2 Å². The number of thiazole rings is 1. The van der Waals surface area contributed by atoms with Gasteiger partial charge < -0.3 is 5.11 Å². The van der Waals surface area contributed by atoms with Crippen LogP contribution in [-0.4, -0.2) is 16.1 Å². The number of nitrogens with zero attached hydrogens (tertiary/aromatic N) is 1. The molecule has 1 aromatic heterocycles. The number of carboxylic acid groups (broad SMARTS) is 1. The van der Waals surface area contributed by atoms with E-state index in [-0.39, 0.29) is 16.1 Å². The summed E-state index contributed by atoms with van der Waals surface area (Å²) in [5.74, 6) is -3.14. The van der Waals surface area contributed by atoms with Gasteiger partial charge in [0.2, 0.25) is 0 Å². The first kappa shape index (κ1) is 10.7. The maximum absolute atomic E-state index is 13.0. The highest BCUT2D eigenvalue weighted by atomic mass is 32.1. The van der Waals surface area contributed by atoms with Gasteiger partial charge in [-0.05, 0) is 18.2 Å². The second-order valence-electron chi connectivity index (χ2n) is 2.96. The predicted molar refractivity (Wildman–Crippen MR) is 54.4 cm³/mol. The average Bonchev–Trinajstić information content (AvgIpc) is 2.71. The van der Waals surface area contributed by atoms with Crippen molar-refractivity contribution in [1.29, 1.82) is 0 Å². The van der Waals surface area contributed by atoms with Crippen LogP contribution in [0.4, 0.5) is 8.78 Å². The Morgan fingerprint density at radius 1 is 1.31 bits per heavy atom. The first-order valence-electron chi connectivity index (χ1n) is 4.22. The van der Waals surface area contributed by atoms with Gasteiger partial charge in [0.25, 0.3) is 0 Å². The number of halogens is 2. The van der Waals surface area contributed by atoms with Crippen LogP contribution in [0.3, 0.4) is 0 Å². The minimum Gasteiger partial charge on any atom is -0.477 e. The number of rotatable bonds is 2. The Balaban J connectivity index is 2.54. The summed E-state index contributed by atoms with van der Waals surface area (Å²) in [6.45, 7) is 0. The van der Waals surface area contributed by atoms with Gasteiger partial charge >= 0.3 is 5.97 Å². The lowest BCUT2D eigenvalue weighted by molar-refractivity contribution is 0.0702. The van der Waals surface area contributed by atoms with E-state index in [9.17, 15) is 13.6 Å². The van der Waals surface area contributed by atoms with Gasteiger partial charge in [0.1, 0.15) is 4.88 Å². The van der Waals surface area contributed by atoms with Crippen molar-refractivity contribution in [3.8, 4) is 11.3 Å². The molecule has 0 unspecified atom stereocenters. The van der Waals surface area contributed by atoms with E-state index in [1.807, 2.05) is 0 Å². The van der Waals surface area contributed by atoms with Crippen LogP contribution in [0, 0.1) is 11.6 Å². The molecule has 0 spiro atoms. The molecule has 1 N–H and O–H groups in total. The second kappa shape index (κ2) is 3.97. The predicted octanol–water partition coefficient (Wildman–Crippen LogP) is 2.79. The SMILES string of the molecule is O=C(O)c1scnc1-c1ccc(F)c(F)c1. The van der Waals surface area contributed by atoms with E-state index < -0.39 is 17.6 Å². The molecule has 0 bridgehead atoms. The Bertz CT molecular complexity index is 554. The number of carbonyl (C=O) groups is 1.